The van der Waals surface area contributed by atoms with Gasteiger partial charge in [0.05, 0.1) is 0 Å². The Kier molecular flexibility index (Phi) is 4.82. The molecule has 2 unspecified atom stereocenters. The molecule has 0 spiro atoms. The van der Waals surface area contributed by atoms with Crippen LogP contribution in [-0.4, -0.2) is 6.54 Å². The molecule has 4 heteroatoms. The molecule has 2 atom stereocenters. The Labute approximate surface area is 117 Å². The van der Waals surface area contributed by atoms with Crippen LogP contribution in [0.5, 0.6) is 0 Å². The van der Waals surface area contributed by atoms with Crippen LogP contribution in [-0.2, 0) is 0 Å². The number of hydrogen-bond acceptors (Lipinski definition) is 2. The van der Waals surface area contributed by atoms with Crippen LogP contribution in [0.2, 0.25) is 0 Å². The van der Waals surface area contributed by atoms with Crippen LogP contribution in [0.4, 0.5) is 8.78 Å². The largest absolute Gasteiger partial charge is 0.329 e. The van der Waals surface area contributed by atoms with Crippen molar-refractivity contribution >= 4 is 0 Å². The maximum absolute atomic E-state index is 13.8. The van der Waals surface area contributed by atoms with E-state index in [1.807, 2.05) is 37.3 Å². The molecule has 0 saturated heterocycles. The molecule has 0 heterocycles. The fourth-order valence-electron chi connectivity index (χ4n) is 2.21. The summed E-state index contributed by atoms with van der Waals surface area (Å²) < 4.78 is 26.8. The molecule has 20 heavy (non-hydrogen) atoms. The van der Waals surface area contributed by atoms with Gasteiger partial charge in [-0.1, -0.05) is 36.4 Å². The number of hydrogen-bond donors (Lipinski definition) is 2. The topological polar surface area (TPSA) is 38.0 Å². The lowest BCUT2D eigenvalue weighted by Gasteiger charge is -2.23. The number of nitrogens with two attached hydrogens (primary N) is 1. The summed E-state index contributed by atoms with van der Waals surface area (Å²) >= 11 is 0. The Bertz CT molecular complexity index is 558. The predicted molar refractivity (Wildman–Crippen MR) is 76.1 cm³/mol. The van der Waals surface area contributed by atoms with Crippen molar-refractivity contribution in [3.63, 3.8) is 0 Å². The average Bonchev–Trinajstić information content (AvgIpc) is 2.46. The van der Waals surface area contributed by atoms with Gasteiger partial charge in [0.2, 0.25) is 0 Å². The van der Waals surface area contributed by atoms with Crippen molar-refractivity contribution in [2.24, 2.45) is 5.73 Å². The van der Waals surface area contributed by atoms with Gasteiger partial charge in [0.25, 0.3) is 0 Å². The Hall–Kier alpha value is -1.78. The van der Waals surface area contributed by atoms with Crippen LogP contribution in [0.15, 0.2) is 48.5 Å². The van der Waals surface area contributed by atoms with Gasteiger partial charge in [-0.3, -0.25) is 0 Å². The second-order valence-corrected chi connectivity index (χ2v) is 4.75. The van der Waals surface area contributed by atoms with Gasteiger partial charge in [-0.2, -0.15) is 0 Å². The van der Waals surface area contributed by atoms with E-state index in [1.54, 1.807) is 0 Å². The molecule has 0 saturated carbocycles. The molecule has 0 aromatic heterocycles. The second kappa shape index (κ2) is 6.59. The molecule has 2 aromatic carbocycles. The molecule has 2 nitrogen and oxygen atoms in total. The molecule has 0 fully saturated rings. The fourth-order valence-corrected chi connectivity index (χ4v) is 2.21. The van der Waals surface area contributed by atoms with Crippen molar-refractivity contribution < 1.29 is 8.78 Å². The molecule has 0 aliphatic rings. The summed E-state index contributed by atoms with van der Waals surface area (Å²) in [4.78, 5) is 0. The summed E-state index contributed by atoms with van der Waals surface area (Å²) in [6.45, 7) is 2.22. The molecule has 0 radical (unpaired) electrons. The maximum Gasteiger partial charge on any atom is 0.130 e. The van der Waals surface area contributed by atoms with Gasteiger partial charge in [-0.15, -0.1) is 0 Å². The lowest BCUT2D eigenvalue weighted by Crippen LogP contribution is -2.31. The van der Waals surface area contributed by atoms with E-state index >= 15 is 0 Å². The van der Waals surface area contributed by atoms with Crippen molar-refractivity contribution in [1.82, 2.24) is 5.32 Å². The number of halogens is 2. The second-order valence-electron chi connectivity index (χ2n) is 4.75. The van der Waals surface area contributed by atoms with Crippen LogP contribution < -0.4 is 11.1 Å². The molecule has 0 aliphatic heterocycles. The van der Waals surface area contributed by atoms with Crippen molar-refractivity contribution in [1.29, 1.82) is 0 Å². The first kappa shape index (κ1) is 14.6. The zero-order valence-electron chi connectivity index (χ0n) is 11.3. The Balaban J connectivity index is 2.17. The van der Waals surface area contributed by atoms with Gasteiger partial charge in [0, 0.05) is 30.3 Å². The molecule has 0 aliphatic carbocycles. The number of rotatable bonds is 5. The minimum Gasteiger partial charge on any atom is -0.329 e. The van der Waals surface area contributed by atoms with Crippen LogP contribution in [0, 0.1) is 11.6 Å². The number of benzene rings is 2. The highest BCUT2D eigenvalue weighted by Gasteiger charge is 2.17. The summed E-state index contributed by atoms with van der Waals surface area (Å²) in [5.74, 6) is -1.16. The summed E-state index contributed by atoms with van der Waals surface area (Å²) in [6, 6.07) is 13.1. The van der Waals surface area contributed by atoms with Gasteiger partial charge >= 0.3 is 0 Å². The zero-order chi connectivity index (χ0) is 14.5. The molecule has 3 N–H and O–H groups in total. The van der Waals surface area contributed by atoms with Gasteiger partial charge in [0.1, 0.15) is 11.6 Å². The van der Waals surface area contributed by atoms with E-state index in [4.69, 9.17) is 5.73 Å². The third-order valence-electron chi connectivity index (χ3n) is 3.32. The molecular formula is C16H18F2N2. The van der Waals surface area contributed by atoms with E-state index in [1.165, 1.54) is 12.1 Å². The van der Waals surface area contributed by atoms with Crippen LogP contribution in [0.1, 0.15) is 30.1 Å². The van der Waals surface area contributed by atoms with Gasteiger partial charge in [0.15, 0.2) is 0 Å². The third kappa shape index (κ3) is 3.40. The van der Waals surface area contributed by atoms with E-state index in [2.05, 4.69) is 5.32 Å². The van der Waals surface area contributed by atoms with Crippen LogP contribution in [0.3, 0.4) is 0 Å². The van der Waals surface area contributed by atoms with E-state index in [0.717, 1.165) is 11.6 Å². The molecule has 0 bridgehead atoms. The Morgan fingerprint density at radius 3 is 2.40 bits per heavy atom. The van der Waals surface area contributed by atoms with E-state index in [-0.39, 0.29) is 18.6 Å². The summed E-state index contributed by atoms with van der Waals surface area (Å²) in [5.41, 5.74) is 7.19. The summed E-state index contributed by atoms with van der Waals surface area (Å²) in [5, 5.41) is 3.27. The lowest BCUT2D eigenvalue weighted by atomic mass is 10.0. The number of nitrogens with one attached hydrogen (secondary N) is 1. The first-order valence-electron chi connectivity index (χ1n) is 6.58. The first-order chi connectivity index (χ1) is 9.61. The quantitative estimate of drug-likeness (QED) is 0.879. The van der Waals surface area contributed by atoms with Crippen molar-refractivity contribution in [3.05, 3.63) is 71.3 Å². The predicted octanol–water partition coefficient (Wildman–Crippen LogP) is 3.32. The SMILES string of the molecule is CC(NC(CN)c1ccc(F)cc1F)c1ccccc1. The van der Waals surface area contributed by atoms with E-state index in [0.29, 0.717) is 5.56 Å². The van der Waals surface area contributed by atoms with Crippen molar-refractivity contribution in [2.75, 3.05) is 6.54 Å². The highest BCUT2D eigenvalue weighted by atomic mass is 19.1. The van der Waals surface area contributed by atoms with Gasteiger partial charge in [-0.25, -0.2) is 8.78 Å². The fraction of sp³-hybridized carbons (Fsp3) is 0.250. The lowest BCUT2D eigenvalue weighted by molar-refractivity contribution is 0.452. The normalized spacial score (nSPS) is 14.0. The molecule has 2 rings (SSSR count). The standard InChI is InChI=1S/C16H18F2N2/c1-11(12-5-3-2-4-6-12)20-16(10-19)14-8-7-13(17)9-15(14)18/h2-9,11,16,20H,10,19H2,1H3. The van der Waals surface area contributed by atoms with E-state index < -0.39 is 11.6 Å². The third-order valence-corrected chi connectivity index (χ3v) is 3.32. The molecular weight excluding hydrogens is 258 g/mol. The summed E-state index contributed by atoms with van der Waals surface area (Å²) in [7, 11) is 0. The maximum atomic E-state index is 13.8. The monoisotopic (exact) mass is 276 g/mol. The summed E-state index contributed by atoms with van der Waals surface area (Å²) in [6.07, 6.45) is 0. The minimum absolute atomic E-state index is 0.0224. The van der Waals surface area contributed by atoms with E-state index in [9.17, 15) is 8.78 Å². The average molecular weight is 276 g/mol. The highest BCUT2D eigenvalue weighted by Crippen LogP contribution is 2.21. The van der Waals surface area contributed by atoms with Crippen LogP contribution in [0.25, 0.3) is 0 Å². The van der Waals surface area contributed by atoms with Gasteiger partial charge < -0.3 is 11.1 Å². The Morgan fingerprint density at radius 1 is 1.10 bits per heavy atom. The molecule has 2 aromatic rings. The molecule has 0 amide bonds. The zero-order valence-corrected chi connectivity index (χ0v) is 11.3. The Morgan fingerprint density at radius 2 is 1.80 bits per heavy atom. The first-order valence-corrected chi connectivity index (χ1v) is 6.58. The van der Waals surface area contributed by atoms with Crippen LogP contribution >= 0.6 is 0 Å². The highest BCUT2D eigenvalue weighted by molar-refractivity contribution is 5.24. The molecule has 106 valence electrons. The van der Waals surface area contributed by atoms with Crippen molar-refractivity contribution in [2.45, 2.75) is 19.0 Å². The smallest absolute Gasteiger partial charge is 0.130 e. The van der Waals surface area contributed by atoms with Gasteiger partial charge in [-0.05, 0) is 18.6 Å². The minimum atomic E-state index is -0.585. The van der Waals surface area contributed by atoms with Crippen molar-refractivity contribution in [3.8, 4) is 0 Å².